The SMILES string of the molecule is CCOC1OC(C(=O)NCC2CC2)=CC(c2cn(C(C)=O)c3ccccc23)C1CCOCCOCCO. The van der Waals surface area contributed by atoms with Crippen molar-refractivity contribution in [1.82, 2.24) is 9.88 Å². The van der Waals surface area contributed by atoms with Gasteiger partial charge in [0.1, 0.15) is 0 Å². The van der Waals surface area contributed by atoms with Crippen LogP contribution in [0.1, 0.15) is 49.4 Å². The topological polar surface area (TPSA) is 108 Å². The second kappa shape index (κ2) is 13.2. The van der Waals surface area contributed by atoms with E-state index in [-0.39, 0.29) is 42.6 Å². The molecule has 1 aliphatic heterocycles. The van der Waals surface area contributed by atoms with E-state index in [0.29, 0.717) is 45.3 Å². The first-order valence-corrected chi connectivity index (χ1v) is 13.2. The minimum atomic E-state index is -0.643. The van der Waals surface area contributed by atoms with Crippen LogP contribution in [-0.4, -0.2) is 74.0 Å². The number of carbonyl (C=O) groups is 2. The van der Waals surface area contributed by atoms with Crippen molar-refractivity contribution in [1.29, 1.82) is 0 Å². The third-order valence-electron chi connectivity index (χ3n) is 6.83. The number of nitrogens with one attached hydrogen (secondary N) is 1. The van der Waals surface area contributed by atoms with Crippen LogP contribution >= 0.6 is 0 Å². The number of aromatic nitrogens is 1. The summed E-state index contributed by atoms with van der Waals surface area (Å²) in [6, 6.07) is 7.79. The van der Waals surface area contributed by atoms with Crippen LogP contribution in [0.4, 0.5) is 0 Å². The van der Waals surface area contributed by atoms with Crippen LogP contribution in [0.2, 0.25) is 0 Å². The van der Waals surface area contributed by atoms with Crippen molar-refractivity contribution in [3.8, 4) is 0 Å². The van der Waals surface area contributed by atoms with E-state index in [1.54, 1.807) is 11.5 Å². The quantitative estimate of drug-likeness (QED) is 0.373. The van der Waals surface area contributed by atoms with Crippen LogP contribution < -0.4 is 5.32 Å². The first kappa shape index (κ1) is 27.3. The molecule has 4 rings (SSSR count). The molecule has 1 amide bonds. The number of allylic oxidation sites excluding steroid dienone is 1. The Kier molecular flexibility index (Phi) is 9.74. The summed E-state index contributed by atoms with van der Waals surface area (Å²) in [5.41, 5.74) is 1.77. The van der Waals surface area contributed by atoms with Gasteiger partial charge in [0.2, 0.25) is 12.2 Å². The summed E-state index contributed by atoms with van der Waals surface area (Å²) in [7, 11) is 0. The van der Waals surface area contributed by atoms with Gasteiger partial charge in [-0.2, -0.15) is 0 Å². The second-order valence-corrected chi connectivity index (χ2v) is 9.54. The number of para-hydroxylation sites is 1. The lowest BCUT2D eigenvalue weighted by Crippen LogP contribution is -2.39. The van der Waals surface area contributed by atoms with Gasteiger partial charge in [-0.05, 0) is 49.8 Å². The minimum Gasteiger partial charge on any atom is -0.459 e. The van der Waals surface area contributed by atoms with E-state index in [1.165, 1.54) is 0 Å². The van der Waals surface area contributed by atoms with Gasteiger partial charge >= 0.3 is 0 Å². The van der Waals surface area contributed by atoms with Crippen LogP contribution in [0.15, 0.2) is 42.3 Å². The highest BCUT2D eigenvalue weighted by molar-refractivity contribution is 5.95. The summed E-state index contributed by atoms with van der Waals surface area (Å²) in [5.74, 6) is 0.0959. The third-order valence-corrected chi connectivity index (χ3v) is 6.83. The molecule has 2 heterocycles. The number of fused-ring (bicyclic) bond motifs is 1. The monoisotopic (exact) mass is 514 g/mol. The van der Waals surface area contributed by atoms with Crippen molar-refractivity contribution in [2.75, 3.05) is 46.2 Å². The van der Waals surface area contributed by atoms with Gasteiger partial charge in [-0.25, -0.2) is 0 Å². The van der Waals surface area contributed by atoms with Crippen LogP contribution in [0.5, 0.6) is 0 Å². The zero-order valence-electron chi connectivity index (χ0n) is 21.7. The van der Waals surface area contributed by atoms with Gasteiger partial charge in [0.15, 0.2) is 5.76 Å². The molecule has 1 aromatic carbocycles. The molecule has 0 spiro atoms. The molecule has 3 atom stereocenters. The summed E-state index contributed by atoms with van der Waals surface area (Å²) >= 11 is 0. The number of nitrogens with zero attached hydrogens (tertiary/aromatic N) is 1. The maximum Gasteiger partial charge on any atom is 0.286 e. The second-order valence-electron chi connectivity index (χ2n) is 9.54. The highest BCUT2D eigenvalue weighted by Gasteiger charge is 2.39. The van der Waals surface area contributed by atoms with Gasteiger partial charge < -0.3 is 29.4 Å². The van der Waals surface area contributed by atoms with E-state index in [1.807, 2.05) is 43.5 Å². The maximum absolute atomic E-state index is 13.1. The van der Waals surface area contributed by atoms with Gasteiger partial charge in [-0.3, -0.25) is 14.2 Å². The molecule has 0 saturated heterocycles. The zero-order chi connectivity index (χ0) is 26.2. The Balaban J connectivity index is 1.62. The molecular weight excluding hydrogens is 476 g/mol. The van der Waals surface area contributed by atoms with Gasteiger partial charge in [0, 0.05) is 50.1 Å². The first-order chi connectivity index (χ1) is 18.0. The van der Waals surface area contributed by atoms with E-state index < -0.39 is 6.29 Å². The fourth-order valence-corrected chi connectivity index (χ4v) is 4.78. The summed E-state index contributed by atoms with van der Waals surface area (Å²) in [5, 5.41) is 12.8. The van der Waals surface area contributed by atoms with Crippen molar-refractivity contribution < 1.29 is 33.6 Å². The van der Waals surface area contributed by atoms with Crippen molar-refractivity contribution in [2.45, 2.75) is 45.3 Å². The van der Waals surface area contributed by atoms with Crippen molar-refractivity contribution >= 4 is 22.7 Å². The fraction of sp³-hybridized carbons (Fsp3) is 0.571. The number of hydrogen-bond acceptors (Lipinski definition) is 7. The zero-order valence-corrected chi connectivity index (χ0v) is 21.7. The molecule has 2 N–H and O–H groups in total. The summed E-state index contributed by atoms with van der Waals surface area (Å²) in [4.78, 5) is 25.5. The van der Waals surface area contributed by atoms with E-state index >= 15 is 0 Å². The largest absolute Gasteiger partial charge is 0.459 e. The molecule has 1 aromatic heterocycles. The Bertz CT molecular complexity index is 1090. The van der Waals surface area contributed by atoms with Gasteiger partial charge in [-0.1, -0.05) is 18.2 Å². The average molecular weight is 515 g/mol. The Hall–Kier alpha value is -2.72. The van der Waals surface area contributed by atoms with Crippen LogP contribution in [0.25, 0.3) is 10.9 Å². The summed E-state index contributed by atoms with van der Waals surface area (Å²) in [6.45, 7) is 6.02. The molecule has 3 unspecified atom stereocenters. The van der Waals surface area contributed by atoms with Gasteiger partial charge in [0.25, 0.3) is 5.91 Å². The van der Waals surface area contributed by atoms with E-state index in [4.69, 9.17) is 24.1 Å². The molecule has 1 aliphatic carbocycles. The Labute approximate surface area is 217 Å². The van der Waals surface area contributed by atoms with Crippen molar-refractivity contribution in [3.05, 3.63) is 47.9 Å². The fourth-order valence-electron chi connectivity index (χ4n) is 4.78. The standard InChI is InChI=1S/C28H38N2O7/c1-3-36-28-22(10-12-34-14-15-35-13-11-31)23(16-26(37-28)27(33)29-17-20-8-9-20)24-18-30(19(2)32)25-7-5-4-6-21(24)25/h4-7,16,18,20,22-23,28,31H,3,8-15,17H2,1-2H3,(H,29,33). The average Bonchev–Trinajstić information content (AvgIpc) is 3.65. The van der Waals surface area contributed by atoms with E-state index in [0.717, 1.165) is 29.3 Å². The number of rotatable bonds is 14. The summed E-state index contributed by atoms with van der Waals surface area (Å²) in [6.07, 6.45) is 6.00. The lowest BCUT2D eigenvalue weighted by Gasteiger charge is -2.36. The van der Waals surface area contributed by atoms with Gasteiger partial charge in [-0.15, -0.1) is 0 Å². The van der Waals surface area contributed by atoms with E-state index in [9.17, 15) is 9.59 Å². The van der Waals surface area contributed by atoms with E-state index in [2.05, 4.69) is 5.32 Å². The minimum absolute atomic E-state index is 0.0199. The number of ether oxygens (including phenoxy) is 4. The first-order valence-electron chi connectivity index (χ1n) is 13.2. The number of aliphatic hydroxyl groups excluding tert-OH is 1. The van der Waals surface area contributed by atoms with Crippen LogP contribution in [-0.2, 0) is 23.7 Å². The molecule has 2 aliphatic rings. The molecule has 1 fully saturated rings. The smallest absolute Gasteiger partial charge is 0.286 e. The molecule has 9 nitrogen and oxygen atoms in total. The lowest BCUT2D eigenvalue weighted by molar-refractivity contribution is -0.168. The Morgan fingerprint density at radius 2 is 1.89 bits per heavy atom. The summed E-state index contributed by atoms with van der Waals surface area (Å²) < 4.78 is 24.9. The van der Waals surface area contributed by atoms with Crippen LogP contribution in [0, 0.1) is 11.8 Å². The predicted octanol–water partition coefficient (Wildman–Crippen LogP) is 3.22. The Morgan fingerprint density at radius 3 is 2.59 bits per heavy atom. The highest BCUT2D eigenvalue weighted by atomic mass is 16.7. The molecular formula is C28H38N2O7. The predicted molar refractivity (Wildman–Crippen MR) is 138 cm³/mol. The number of amides is 1. The van der Waals surface area contributed by atoms with Crippen LogP contribution in [0.3, 0.4) is 0 Å². The normalized spacial score (nSPS) is 21.5. The molecule has 0 bridgehead atoms. The van der Waals surface area contributed by atoms with Gasteiger partial charge in [0.05, 0.1) is 31.9 Å². The highest BCUT2D eigenvalue weighted by Crippen LogP contribution is 2.42. The maximum atomic E-state index is 13.1. The van der Waals surface area contributed by atoms with Crippen molar-refractivity contribution in [3.63, 3.8) is 0 Å². The molecule has 202 valence electrons. The molecule has 1 saturated carbocycles. The third kappa shape index (κ3) is 6.98. The lowest BCUT2D eigenvalue weighted by atomic mass is 9.81. The molecule has 37 heavy (non-hydrogen) atoms. The number of aliphatic hydroxyl groups is 1. The molecule has 0 radical (unpaired) electrons. The number of benzene rings is 1. The Morgan fingerprint density at radius 1 is 1.14 bits per heavy atom. The number of hydrogen-bond donors (Lipinski definition) is 2. The molecule has 9 heteroatoms. The van der Waals surface area contributed by atoms with Crippen molar-refractivity contribution in [2.24, 2.45) is 11.8 Å². The number of carbonyl (C=O) groups excluding carboxylic acids is 2. The molecule has 2 aromatic rings.